The first kappa shape index (κ1) is 14.5. The second-order valence-corrected chi connectivity index (χ2v) is 4.72. The van der Waals surface area contributed by atoms with Crippen LogP contribution in [0.2, 0.25) is 0 Å². The van der Waals surface area contributed by atoms with Crippen molar-refractivity contribution in [3.05, 3.63) is 63.6 Å². The van der Waals surface area contributed by atoms with Crippen LogP contribution in [0.4, 0.5) is 23.2 Å². The largest absolute Gasteiger partial charge is 0.322 e. The van der Waals surface area contributed by atoms with Gasteiger partial charge in [-0.05, 0) is 30.3 Å². The van der Waals surface area contributed by atoms with Gasteiger partial charge in [0.15, 0.2) is 23.3 Å². The van der Waals surface area contributed by atoms with Crippen LogP contribution in [0.5, 0.6) is 0 Å². The fraction of sp³-hybridized carbons (Fsp3) is 0. The lowest BCUT2D eigenvalue weighted by atomic mass is 10.1. The summed E-state index contributed by atoms with van der Waals surface area (Å²) in [6.45, 7) is 0. The number of benzene rings is 2. The molecule has 0 aliphatic heterocycles. The van der Waals surface area contributed by atoms with Gasteiger partial charge in [-0.2, -0.15) is 0 Å². The lowest BCUT2D eigenvalue weighted by molar-refractivity contribution is 0.102. The van der Waals surface area contributed by atoms with E-state index in [-0.39, 0.29) is 0 Å². The predicted octanol–water partition coefficient (Wildman–Crippen LogP) is 4.26. The van der Waals surface area contributed by atoms with Crippen molar-refractivity contribution in [3.8, 4) is 0 Å². The SMILES string of the molecule is O=C(Nc1ccc(Br)cc1)c1cc(F)c(F)c(F)c1F. The van der Waals surface area contributed by atoms with E-state index in [0.717, 1.165) is 4.47 Å². The van der Waals surface area contributed by atoms with Crippen LogP contribution >= 0.6 is 15.9 Å². The lowest BCUT2D eigenvalue weighted by Gasteiger charge is -2.07. The van der Waals surface area contributed by atoms with E-state index in [1.54, 1.807) is 12.1 Å². The summed E-state index contributed by atoms with van der Waals surface area (Å²) >= 11 is 3.18. The minimum atomic E-state index is -2.02. The molecule has 104 valence electrons. The van der Waals surface area contributed by atoms with Gasteiger partial charge in [-0.3, -0.25) is 4.79 Å². The Morgan fingerprint density at radius 3 is 2.15 bits per heavy atom. The van der Waals surface area contributed by atoms with Gasteiger partial charge in [0.1, 0.15) is 0 Å². The highest BCUT2D eigenvalue weighted by atomic mass is 79.9. The summed E-state index contributed by atoms with van der Waals surface area (Å²) in [5.41, 5.74) is -0.618. The standard InChI is InChI=1S/C13H6BrF4NO/c14-6-1-3-7(4-2-6)19-13(20)8-5-9(15)11(17)12(18)10(8)16/h1-5H,(H,19,20). The van der Waals surface area contributed by atoms with Crippen molar-refractivity contribution in [3.63, 3.8) is 0 Å². The molecule has 2 aromatic rings. The van der Waals surface area contributed by atoms with Crippen molar-refractivity contribution < 1.29 is 22.4 Å². The zero-order valence-corrected chi connectivity index (χ0v) is 11.3. The van der Waals surface area contributed by atoms with Crippen LogP contribution in [-0.2, 0) is 0 Å². The second-order valence-electron chi connectivity index (χ2n) is 3.81. The lowest BCUT2D eigenvalue weighted by Crippen LogP contribution is -2.16. The molecule has 0 unspecified atom stereocenters. The van der Waals surface area contributed by atoms with E-state index in [9.17, 15) is 22.4 Å². The molecule has 0 aliphatic carbocycles. The topological polar surface area (TPSA) is 29.1 Å². The molecular formula is C13H6BrF4NO. The first-order valence-electron chi connectivity index (χ1n) is 5.30. The van der Waals surface area contributed by atoms with E-state index >= 15 is 0 Å². The van der Waals surface area contributed by atoms with Crippen LogP contribution in [0, 0.1) is 23.3 Å². The Morgan fingerprint density at radius 2 is 1.55 bits per heavy atom. The third-order valence-corrected chi connectivity index (χ3v) is 2.98. The van der Waals surface area contributed by atoms with Crippen LogP contribution in [0.3, 0.4) is 0 Å². The molecule has 0 saturated heterocycles. The molecule has 0 radical (unpaired) electrons. The molecule has 20 heavy (non-hydrogen) atoms. The fourth-order valence-corrected chi connectivity index (χ4v) is 1.73. The molecule has 0 bridgehead atoms. The highest BCUT2D eigenvalue weighted by molar-refractivity contribution is 9.10. The van der Waals surface area contributed by atoms with Gasteiger partial charge in [-0.15, -0.1) is 0 Å². The molecule has 0 saturated carbocycles. The Labute approximate surface area is 119 Å². The van der Waals surface area contributed by atoms with Crippen molar-refractivity contribution in [1.29, 1.82) is 0 Å². The molecule has 2 aromatic carbocycles. The summed E-state index contributed by atoms with van der Waals surface area (Å²) in [6.07, 6.45) is 0. The molecule has 1 amide bonds. The normalized spacial score (nSPS) is 10.4. The minimum Gasteiger partial charge on any atom is -0.322 e. The van der Waals surface area contributed by atoms with E-state index in [4.69, 9.17) is 0 Å². The second kappa shape index (κ2) is 5.62. The summed E-state index contributed by atoms with van der Waals surface area (Å²) in [5, 5.41) is 2.24. The summed E-state index contributed by atoms with van der Waals surface area (Å²) in [7, 11) is 0. The Kier molecular flexibility index (Phi) is 4.08. The Balaban J connectivity index is 2.32. The number of carbonyl (C=O) groups is 1. The van der Waals surface area contributed by atoms with Crippen LogP contribution in [-0.4, -0.2) is 5.91 Å². The Morgan fingerprint density at radius 1 is 0.950 bits per heavy atom. The van der Waals surface area contributed by atoms with E-state index in [2.05, 4.69) is 21.2 Å². The van der Waals surface area contributed by atoms with E-state index in [1.165, 1.54) is 12.1 Å². The maximum absolute atomic E-state index is 13.4. The summed E-state index contributed by atoms with van der Waals surface area (Å²) in [5.74, 6) is -8.43. The van der Waals surface area contributed by atoms with E-state index < -0.39 is 34.7 Å². The van der Waals surface area contributed by atoms with Crippen molar-refractivity contribution >= 4 is 27.5 Å². The molecule has 0 fully saturated rings. The number of amides is 1. The zero-order chi connectivity index (χ0) is 14.9. The molecular weight excluding hydrogens is 342 g/mol. The van der Waals surface area contributed by atoms with Crippen molar-refractivity contribution in [1.82, 2.24) is 0 Å². The van der Waals surface area contributed by atoms with Gasteiger partial charge < -0.3 is 5.32 Å². The maximum Gasteiger partial charge on any atom is 0.258 e. The number of halogens is 5. The molecule has 0 atom stereocenters. The quantitative estimate of drug-likeness (QED) is 0.491. The minimum absolute atomic E-state index is 0.294. The summed E-state index contributed by atoms with van der Waals surface area (Å²) in [6, 6.07) is 6.52. The third-order valence-electron chi connectivity index (χ3n) is 2.45. The number of hydrogen-bond acceptors (Lipinski definition) is 1. The monoisotopic (exact) mass is 347 g/mol. The van der Waals surface area contributed by atoms with Crippen LogP contribution in [0.15, 0.2) is 34.8 Å². The van der Waals surface area contributed by atoms with Crippen LogP contribution in [0.1, 0.15) is 10.4 Å². The highest BCUT2D eigenvalue weighted by Crippen LogP contribution is 2.20. The molecule has 0 aromatic heterocycles. The molecule has 0 aliphatic rings. The van der Waals surface area contributed by atoms with Gasteiger partial charge in [0, 0.05) is 10.2 Å². The van der Waals surface area contributed by atoms with Gasteiger partial charge in [-0.1, -0.05) is 15.9 Å². The maximum atomic E-state index is 13.4. The summed E-state index contributed by atoms with van der Waals surface area (Å²) < 4.78 is 53.0. The first-order valence-corrected chi connectivity index (χ1v) is 6.09. The molecule has 1 N–H and O–H groups in total. The molecule has 0 spiro atoms. The Hall–Kier alpha value is -1.89. The van der Waals surface area contributed by atoms with Crippen molar-refractivity contribution in [2.45, 2.75) is 0 Å². The smallest absolute Gasteiger partial charge is 0.258 e. The number of nitrogens with one attached hydrogen (secondary N) is 1. The number of hydrogen-bond donors (Lipinski definition) is 1. The Bertz CT molecular complexity index is 673. The van der Waals surface area contributed by atoms with Crippen LogP contribution < -0.4 is 5.32 Å². The van der Waals surface area contributed by atoms with Gasteiger partial charge in [0.25, 0.3) is 5.91 Å². The van der Waals surface area contributed by atoms with Crippen molar-refractivity contribution in [2.24, 2.45) is 0 Å². The van der Waals surface area contributed by atoms with Gasteiger partial charge in [-0.25, -0.2) is 17.6 Å². The average Bonchev–Trinajstić information content (AvgIpc) is 2.43. The molecule has 7 heteroatoms. The van der Waals surface area contributed by atoms with Crippen molar-refractivity contribution in [2.75, 3.05) is 5.32 Å². The predicted molar refractivity (Wildman–Crippen MR) is 68.4 cm³/mol. The van der Waals surface area contributed by atoms with Gasteiger partial charge in [0.05, 0.1) is 5.56 Å². The molecule has 0 heterocycles. The zero-order valence-electron chi connectivity index (χ0n) is 9.68. The third kappa shape index (κ3) is 2.82. The fourth-order valence-electron chi connectivity index (χ4n) is 1.47. The summed E-state index contributed by atoms with van der Waals surface area (Å²) in [4.78, 5) is 11.7. The van der Waals surface area contributed by atoms with Gasteiger partial charge in [0.2, 0.25) is 0 Å². The highest BCUT2D eigenvalue weighted by Gasteiger charge is 2.23. The average molecular weight is 348 g/mol. The number of rotatable bonds is 2. The van der Waals surface area contributed by atoms with E-state index in [0.29, 0.717) is 11.8 Å². The molecule has 2 rings (SSSR count). The first-order chi connectivity index (χ1) is 9.40. The van der Waals surface area contributed by atoms with Gasteiger partial charge >= 0.3 is 0 Å². The molecule has 2 nitrogen and oxygen atoms in total. The van der Waals surface area contributed by atoms with Crippen LogP contribution in [0.25, 0.3) is 0 Å². The van der Waals surface area contributed by atoms with E-state index in [1.807, 2.05) is 0 Å². The number of anilines is 1. The number of carbonyl (C=O) groups excluding carboxylic acids is 1.